The van der Waals surface area contributed by atoms with Gasteiger partial charge in [0.25, 0.3) is 0 Å². The van der Waals surface area contributed by atoms with Gasteiger partial charge in [-0.3, -0.25) is 0 Å². The highest BCUT2D eigenvalue weighted by atomic mass is 32.2. The zero-order valence-corrected chi connectivity index (χ0v) is 13.2. The van der Waals surface area contributed by atoms with E-state index in [1.54, 1.807) is 12.1 Å². The lowest BCUT2D eigenvalue weighted by Gasteiger charge is -2.37. The number of hydrogen-bond donors (Lipinski definition) is 0. The molecule has 0 aromatic heterocycles. The molecule has 0 spiro atoms. The Morgan fingerprint density at radius 2 is 1.61 bits per heavy atom. The van der Waals surface area contributed by atoms with Gasteiger partial charge in [0.15, 0.2) is 4.90 Å². The molecule has 7 heteroatoms. The van der Waals surface area contributed by atoms with Crippen LogP contribution in [-0.4, -0.2) is 31.9 Å². The summed E-state index contributed by atoms with van der Waals surface area (Å²) < 4.78 is 58.6. The number of hydrogen-bond acceptors (Lipinski definition) is 3. The Hall–Kier alpha value is -1.99. The molecule has 122 valence electrons. The average Bonchev–Trinajstić information content (AvgIpc) is 2.43. The van der Waals surface area contributed by atoms with Crippen LogP contribution in [0.15, 0.2) is 47.4 Å². The molecule has 0 bridgehead atoms. The molecule has 1 fully saturated rings. The predicted molar refractivity (Wildman–Crippen MR) is 80.7 cm³/mol. The van der Waals surface area contributed by atoms with E-state index in [-0.39, 0.29) is 19.2 Å². The largest absolute Gasteiger partial charge is 0.488 e. The molecule has 1 heterocycles. The number of rotatable bonds is 4. The molecular formula is C16H15F2NO3S. The van der Waals surface area contributed by atoms with Crippen LogP contribution in [0.3, 0.4) is 0 Å². The van der Waals surface area contributed by atoms with Gasteiger partial charge in [-0.1, -0.05) is 23.8 Å². The smallest absolute Gasteiger partial charge is 0.249 e. The van der Waals surface area contributed by atoms with Gasteiger partial charge in [0, 0.05) is 0 Å². The van der Waals surface area contributed by atoms with Crippen LogP contribution in [0, 0.1) is 18.6 Å². The van der Waals surface area contributed by atoms with E-state index in [1.807, 2.05) is 19.1 Å². The SMILES string of the molecule is Cc1ccc(OC2CN(S(=O)(=O)c3c(F)cccc3F)C2)cc1. The Balaban J connectivity index is 1.70. The summed E-state index contributed by atoms with van der Waals surface area (Å²) in [5.41, 5.74) is 1.09. The lowest BCUT2D eigenvalue weighted by Crippen LogP contribution is -2.56. The third-order valence-electron chi connectivity index (χ3n) is 3.66. The summed E-state index contributed by atoms with van der Waals surface area (Å²) >= 11 is 0. The molecule has 0 N–H and O–H groups in total. The maximum Gasteiger partial charge on any atom is 0.249 e. The molecule has 3 rings (SSSR count). The van der Waals surface area contributed by atoms with Crippen molar-refractivity contribution in [1.82, 2.24) is 4.31 Å². The zero-order chi connectivity index (χ0) is 16.6. The predicted octanol–water partition coefficient (Wildman–Crippen LogP) is 2.73. The maximum atomic E-state index is 13.7. The molecule has 0 unspecified atom stereocenters. The molecule has 4 nitrogen and oxygen atoms in total. The van der Waals surface area contributed by atoms with Crippen LogP contribution in [-0.2, 0) is 10.0 Å². The van der Waals surface area contributed by atoms with Crippen LogP contribution in [0.5, 0.6) is 5.75 Å². The maximum absolute atomic E-state index is 13.7. The molecule has 1 saturated heterocycles. The summed E-state index contributed by atoms with van der Waals surface area (Å²) in [5.74, 6) is -1.55. The standard InChI is InChI=1S/C16H15F2NO3S/c1-11-5-7-12(8-6-11)22-13-9-19(10-13)23(20,21)16-14(17)3-2-4-15(16)18/h2-8,13H,9-10H2,1H3. The molecule has 0 saturated carbocycles. The van der Waals surface area contributed by atoms with E-state index in [1.165, 1.54) is 0 Å². The second kappa shape index (κ2) is 5.90. The highest BCUT2D eigenvalue weighted by molar-refractivity contribution is 7.89. The van der Waals surface area contributed by atoms with Gasteiger partial charge in [-0.2, -0.15) is 4.31 Å². The fourth-order valence-corrected chi connectivity index (χ4v) is 3.95. The van der Waals surface area contributed by atoms with Crippen LogP contribution >= 0.6 is 0 Å². The van der Waals surface area contributed by atoms with E-state index in [0.29, 0.717) is 5.75 Å². The molecule has 0 aliphatic carbocycles. The van der Waals surface area contributed by atoms with E-state index >= 15 is 0 Å². The lowest BCUT2D eigenvalue weighted by atomic mass is 10.2. The third kappa shape index (κ3) is 3.07. The summed E-state index contributed by atoms with van der Waals surface area (Å²) in [6, 6.07) is 10.3. The van der Waals surface area contributed by atoms with Crippen LogP contribution in [0.4, 0.5) is 8.78 Å². The number of ether oxygens (including phenoxy) is 1. The average molecular weight is 339 g/mol. The van der Waals surface area contributed by atoms with Crippen LogP contribution < -0.4 is 4.74 Å². The fourth-order valence-electron chi connectivity index (χ4n) is 2.34. The normalized spacial score (nSPS) is 16.1. The van der Waals surface area contributed by atoms with E-state index in [9.17, 15) is 17.2 Å². The third-order valence-corrected chi connectivity index (χ3v) is 5.54. The molecule has 0 amide bonds. The second-order valence-electron chi connectivity index (χ2n) is 5.43. The fraction of sp³-hybridized carbons (Fsp3) is 0.250. The Labute approximate surface area is 133 Å². The first kappa shape index (κ1) is 15.9. The van der Waals surface area contributed by atoms with Gasteiger partial charge < -0.3 is 4.74 Å². The van der Waals surface area contributed by atoms with E-state index < -0.39 is 26.6 Å². The van der Waals surface area contributed by atoms with Crippen molar-refractivity contribution in [3.05, 3.63) is 59.7 Å². The van der Waals surface area contributed by atoms with E-state index in [4.69, 9.17) is 4.74 Å². The summed E-state index contributed by atoms with van der Waals surface area (Å²) in [4.78, 5) is -0.909. The molecule has 2 aromatic carbocycles. The lowest BCUT2D eigenvalue weighted by molar-refractivity contribution is 0.0758. The Kier molecular flexibility index (Phi) is 4.08. The first-order valence-electron chi connectivity index (χ1n) is 7.05. The molecule has 0 radical (unpaired) electrons. The van der Waals surface area contributed by atoms with Crippen molar-refractivity contribution in [2.45, 2.75) is 17.9 Å². The van der Waals surface area contributed by atoms with Gasteiger partial charge in [-0.15, -0.1) is 0 Å². The minimum atomic E-state index is -4.19. The van der Waals surface area contributed by atoms with Crippen molar-refractivity contribution >= 4 is 10.0 Å². The van der Waals surface area contributed by atoms with Crippen molar-refractivity contribution in [2.24, 2.45) is 0 Å². The Morgan fingerprint density at radius 1 is 1.04 bits per heavy atom. The van der Waals surface area contributed by atoms with Crippen LogP contribution in [0.2, 0.25) is 0 Å². The molecule has 2 aromatic rings. The molecule has 23 heavy (non-hydrogen) atoms. The van der Waals surface area contributed by atoms with E-state index in [2.05, 4.69) is 0 Å². The Morgan fingerprint density at radius 3 is 2.17 bits per heavy atom. The quantitative estimate of drug-likeness (QED) is 0.860. The topological polar surface area (TPSA) is 46.6 Å². The van der Waals surface area contributed by atoms with Gasteiger partial charge in [-0.25, -0.2) is 17.2 Å². The number of sulfonamides is 1. The van der Waals surface area contributed by atoms with E-state index in [0.717, 1.165) is 28.1 Å². The first-order valence-corrected chi connectivity index (χ1v) is 8.49. The number of halogens is 2. The van der Waals surface area contributed by atoms with Crippen molar-refractivity contribution in [2.75, 3.05) is 13.1 Å². The van der Waals surface area contributed by atoms with Gasteiger partial charge in [0.05, 0.1) is 13.1 Å². The van der Waals surface area contributed by atoms with Crippen molar-refractivity contribution in [3.8, 4) is 5.75 Å². The van der Waals surface area contributed by atoms with Crippen molar-refractivity contribution in [1.29, 1.82) is 0 Å². The van der Waals surface area contributed by atoms with Gasteiger partial charge in [0.1, 0.15) is 23.5 Å². The van der Waals surface area contributed by atoms with Crippen molar-refractivity contribution < 1.29 is 21.9 Å². The molecule has 0 atom stereocenters. The number of aryl methyl sites for hydroxylation is 1. The number of benzene rings is 2. The summed E-state index contributed by atoms with van der Waals surface area (Å²) in [6.07, 6.45) is -0.331. The monoisotopic (exact) mass is 339 g/mol. The second-order valence-corrected chi connectivity index (χ2v) is 7.30. The minimum absolute atomic E-state index is 0.0595. The summed E-state index contributed by atoms with van der Waals surface area (Å²) in [7, 11) is -4.19. The molecular weight excluding hydrogens is 324 g/mol. The van der Waals surface area contributed by atoms with Crippen LogP contribution in [0.25, 0.3) is 0 Å². The highest BCUT2D eigenvalue weighted by Gasteiger charge is 2.40. The molecule has 1 aliphatic heterocycles. The highest BCUT2D eigenvalue weighted by Crippen LogP contribution is 2.28. The Bertz CT molecular complexity index is 795. The minimum Gasteiger partial charge on any atom is -0.488 e. The van der Waals surface area contributed by atoms with Gasteiger partial charge in [0.2, 0.25) is 10.0 Å². The zero-order valence-electron chi connectivity index (χ0n) is 12.4. The van der Waals surface area contributed by atoms with Gasteiger partial charge >= 0.3 is 0 Å². The summed E-state index contributed by atoms with van der Waals surface area (Å²) in [6.45, 7) is 2.07. The van der Waals surface area contributed by atoms with Crippen LogP contribution in [0.1, 0.15) is 5.56 Å². The number of nitrogens with zero attached hydrogens (tertiary/aromatic N) is 1. The molecule has 1 aliphatic rings. The first-order chi connectivity index (χ1) is 10.9. The van der Waals surface area contributed by atoms with Crippen molar-refractivity contribution in [3.63, 3.8) is 0 Å². The summed E-state index contributed by atoms with van der Waals surface area (Å²) in [5, 5.41) is 0. The van der Waals surface area contributed by atoms with Gasteiger partial charge in [-0.05, 0) is 31.2 Å².